The summed E-state index contributed by atoms with van der Waals surface area (Å²) in [5.41, 5.74) is 10.3. The van der Waals surface area contributed by atoms with Crippen molar-refractivity contribution in [2.24, 2.45) is 0 Å². The number of nitrogens with one attached hydrogen (secondary N) is 3. The van der Waals surface area contributed by atoms with Crippen LogP contribution in [0.1, 0.15) is 17.3 Å². The molecule has 2 aromatic rings. The summed E-state index contributed by atoms with van der Waals surface area (Å²) in [6.45, 7) is 0.968. The van der Waals surface area contributed by atoms with E-state index in [0.29, 0.717) is 5.92 Å². The molecule has 1 aromatic heterocycles. The lowest BCUT2D eigenvalue weighted by Crippen LogP contribution is -2.20. The second kappa shape index (κ2) is 2.44. The maximum Gasteiger partial charge on any atom is 0.0552 e. The molecule has 0 amide bonds. The molecule has 0 saturated carbocycles. The predicted molar refractivity (Wildman–Crippen MR) is 60.2 cm³/mol. The van der Waals surface area contributed by atoms with Crippen molar-refractivity contribution in [1.82, 2.24) is 15.8 Å². The SMILES string of the molecule is C1=C2NNCC2c2[nH]c1c1ccccc21. The maximum absolute atomic E-state index is 3.50. The van der Waals surface area contributed by atoms with Gasteiger partial charge in [-0.15, -0.1) is 0 Å². The fourth-order valence-corrected chi connectivity index (χ4v) is 2.62. The number of hydrogen-bond donors (Lipinski definition) is 3. The molecule has 4 rings (SSSR count). The van der Waals surface area contributed by atoms with E-state index in [1.807, 2.05) is 0 Å². The van der Waals surface area contributed by atoms with Crippen LogP contribution < -0.4 is 10.9 Å². The number of hydrogen-bond acceptors (Lipinski definition) is 2. The molecule has 0 aliphatic carbocycles. The van der Waals surface area contributed by atoms with Gasteiger partial charge in [0.05, 0.1) is 5.92 Å². The average molecular weight is 197 g/mol. The van der Waals surface area contributed by atoms with Crippen molar-refractivity contribution in [2.45, 2.75) is 5.92 Å². The third-order valence-electron chi connectivity index (χ3n) is 3.34. The van der Waals surface area contributed by atoms with E-state index in [1.54, 1.807) is 0 Å². The van der Waals surface area contributed by atoms with Crippen molar-refractivity contribution in [3.63, 3.8) is 0 Å². The van der Waals surface area contributed by atoms with Crippen LogP contribution in [0.3, 0.4) is 0 Å². The van der Waals surface area contributed by atoms with Gasteiger partial charge in [0, 0.05) is 34.4 Å². The van der Waals surface area contributed by atoms with Crippen molar-refractivity contribution in [3.05, 3.63) is 41.4 Å². The molecule has 1 aromatic carbocycles. The van der Waals surface area contributed by atoms with E-state index in [2.05, 4.69) is 46.2 Å². The van der Waals surface area contributed by atoms with E-state index < -0.39 is 0 Å². The van der Waals surface area contributed by atoms with Crippen LogP contribution in [-0.4, -0.2) is 11.5 Å². The topological polar surface area (TPSA) is 39.8 Å². The van der Waals surface area contributed by atoms with E-state index in [4.69, 9.17) is 0 Å². The highest BCUT2D eigenvalue weighted by molar-refractivity contribution is 5.95. The van der Waals surface area contributed by atoms with Gasteiger partial charge in [-0.1, -0.05) is 24.3 Å². The van der Waals surface area contributed by atoms with E-state index in [9.17, 15) is 0 Å². The highest BCUT2D eigenvalue weighted by atomic mass is 15.4. The normalized spacial score (nSPS) is 22.4. The van der Waals surface area contributed by atoms with E-state index >= 15 is 0 Å². The summed E-state index contributed by atoms with van der Waals surface area (Å²) < 4.78 is 0. The highest BCUT2D eigenvalue weighted by Gasteiger charge is 2.29. The van der Waals surface area contributed by atoms with Crippen LogP contribution in [0.5, 0.6) is 0 Å². The van der Waals surface area contributed by atoms with E-state index in [0.717, 1.165) is 6.54 Å². The minimum Gasteiger partial charge on any atom is -0.357 e. The number of benzene rings is 1. The van der Waals surface area contributed by atoms with Crippen molar-refractivity contribution in [3.8, 4) is 0 Å². The van der Waals surface area contributed by atoms with Gasteiger partial charge in [-0.25, -0.2) is 5.43 Å². The lowest BCUT2D eigenvalue weighted by Gasteiger charge is -2.11. The summed E-state index contributed by atoms with van der Waals surface area (Å²) in [7, 11) is 0. The zero-order chi connectivity index (χ0) is 9.83. The zero-order valence-electron chi connectivity index (χ0n) is 8.17. The third kappa shape index (κ3) is 0.837. The van der Waals surface area contributed by atoms with Crippen LogP contribution >= 0.6 is 0 Å². The number of hydrazine groups is 1. The van der Waals surface area contributed by atoms with Crippen LogP contribution in [-0.2, 0) is 0 Å². The Morgan fingerprint density at radius 1 is 1.13 bits per heavy atom. The second-order valence-corrected chi connectivity index (χ2v) is 4.16. The van der Waals surface area contributed by atoms with Crippen LogP contribution in [0.15, 0.2) is 30.0 Å². The Labute approximate surface area is 87.2 Å². The van der Waals surface area contributed by atoms with Gasteiger partial charge in [-0.05, 0) is 6.08 Å². The Morgan fingerprint density at radius 3 is 2.93 bits per heavy atom. The summed E-state index contributed by atoms with van der Waals surface area (Å²) in [5, 5.41) is 2.69. The molecule has 3 N–H and O–H groups in total. The monoisotopic (exact) mass is 197 g/mol. The van der Waals surface area contributed by atoms with E-state index in [-0.39, 0.29) is 0 Å². The molecule has 2 aliphatic rings. The lowest BCUT2D eigenvalue weighted by molar-refractivity contribution is 0.712. The summed E-state index contributed by atoms with van der Waals surface area (Å²) in [6.07, 6.45) is 2.21. The molecule has 15 heavy (non-hydrogen) atoms. The average Bonchev–Trinajstić information content (AvgIpc) is 2.85. The number of H-pyrrole nitrogens is 1. The molecule has 0 radical (unpaired) electrons. The molecule has 1 atom stereocenters. The Hall–Kier alpha value is -1.74. The van der Waals surface area contributed by atoms with Gasteiger partial charge in [0.15, 0.2) is 0 Å². The molecule has 3 nitrogen and oxygen atoms in total. The fraction of sp³-hybridized carbons (Fsp3) is 0.167. The smallest absolute Gasteiger partial charge is 0.0552 e. The van der Waals surface area contributed by atoms with Crippen LogP contribution in [0, 0.1) is 0 Å². The molecule has 1 unspecified atom stereocenters. The first kappa shape index (κ1) is 7.54. The fourth-order valence-electron chi connectivity index (χ4n) is 2.62. The zero-order valence-corrected chi connectivity index (χ0v) is 8.17. The Morgan fingerprint density at radius 2 is 2.00 bits per heavy atom. The van der Waals surface area contributed by atoms with Gasteiger partial charge >= 0.3 is 0 Å². The highest BCUT2D eigenvalue weighted by Crippen LogP contribution is 2.38. The first-order valence-electron chi connectivity index (χ1n) is 5.24. The van der Waals surface area contributed by atoms with Gasteiger partial charge < -0.3 is 10.4 Å². The number of rotatable bonds is 0. The van der Waals surface area contributed by atoms with Crippen molar-refractivity contribution < 1.29 is 0 Å². The minimum atomic E-state index is 0.470. The Kier molecular flexibility index (Phi) is 1.22. The second-order valence-electron chi connectivity index (χ2n) is 4.16. The first-order chi connectivity index (χ1) is 7.43. The maximum atomic E-state index is 3.50. The summed E-state index contributed by atoms with van der Waals surface area (Å²) >= 11 is 0. The third-order valence-corrected chi connectivity index (χ3v) is 3.34. The molecule has 74 valence electrons. The van der Waals surface area contributed by atoms with Crippen LogP contribution in [0.2, 0.25) is 0 Å². The lowest BCUT2D eigenvalue weighted by atomic mass is 10.0. The van der Waals surface area contributed by atoms with Gasteiger partial charge in [-0.2, -0.15) is 0 Å². The van der Waals surface area contributed by atoms with Gasteiger partial charge in [0.2, 0.25) is 0 Å². The molecule has 3 heteroatoms. The molecular weight excluding hydrogens is 186 g/mol. The molecule has 1 saturated heterocycles. The van der Waals surface area contributed by atoms with Gasteiger partial charge in [0.25, 0.3) is 0 Å². The standard InChI is InChI=1S/C12H11N3/c1-2-4-8-7(3-1)10-5-11-9(6-13-15-11)12(8)14-10/h1-5,9,13-15H,6H2. The van der Waals surface area contributed by atoms with Crippen molar-refractivity contribution in [2.75, 3.05) is 6.54 Å². The Bertz CT molecular complexity index is 580. The first-order valence-corrected chi connectivity index (χ1v) is 5.24. The van der Waals surface area contributed by atoms with Crippen molar-refractivity contribution in [1.29, 1.82) is 0 Å². The van der Waals surface area contributed by atoms with Crippen LogP contribution in [0.25, 0.3) is 16.8 Å². The molecular formula is C12H11N3. The summed E-state index contributed by atoms with van der Waals surface area (Å²) in [5.74, 6) is 0.470. The van der Waals surface area contributed by atoms with Crippen LogP contribution in [0.4, 0.5) is 0 Å². The van der Waals surface area contributed by atoms with Gasteiger partial charge in [0.1, 0.15) is 0 Å². The molecule has 2 aliphatic heterocycles. The quantitative estimate of drug-likeness (QED) is 0.601. The number of fused-ring (bicyclic) bond motifs is 7. The largest absolute Gasteiger partial charge is 0.357 e. The molecule has 0 spiro atoms. The van der Waals surface area contributed by atoms with Crippen molar-refractivity contribution >= 4 is 16.8 Å². The van der Waals surface area contributed by atoms with E-state index in [1.165, 1.54) is 27.9 Å². The van der Waals surface area contributed by atoms with Gasteiger partial charge in [-0.3, -0.25) is 0 Å². The Balaban J connectivity index is 2.12. The summed E-state index contributed by atoms with van der Waals surface area (Å²) in [6, 6.07) is 8.56. The minimum absolute atomic E-state index is 0.470. The predicted octanol–water partition coefficient (Wildman–Crippen LogP) is 1.71. The number of aromatic amines is 1. The molecule has 1 fully saturated rings. The summed E-state index contributed by atoms with van der Waals surface area (Å²) in [4.78, 5) is 3.50. The molecule has 2 bridgehead atoms. The molecule has 3 heterocycles. The number of aromatic nitrogens is 1.